The van der Waals surface area contributed by atoms with Crippen molar-refractivity contribution in [2.45, 2.75) is 46.5 Å². The molecule has 0 fully saturated rings. The minimum Gasteiger partial charge on any atom is -0.343 e. The van der Waals surface area contributed by atoms with Crippen LogP contribution < -0.4 is 0 Å². The second-order valence-corrected chi connectivity index (χ2v) is 7.83. The van der Waals surface area contributed by atoms with Gasteiger partial charge in [0.1, 0.15) is 5.82 Å². The van der Waals surface area contributed by atoms with E-state index >= 15 is 0 Å². The van der Waals surface area contributed by atoms with Crippen LogP contribution in [0.1, 0.15) is 53.1 Å². The molecule has 0 radical (unpaired) electrons. The van der Waals surface area contributed by atoms with Crippen molar-refractivity contribution in [1.29, 1.82) is 0 Å². The Bertz CT molecular complexity index is 1140. The minimum absolute atomic E-state index is 0.284. The molecule has 0 bridgehead atoms. The van der Waals surface area contributed by atoms with E-state index in [-0.39, 0.29) is 5.56 Å². The van der Waals surface area contributed by atoms with E-state index < -0.39 is 17.5 Å². The summed E-state index contributed by atoms with van der Waals surface area (Å²) in [6, 6.07) is 10.9. The van der Waals surface area contributed by atoms with E-state index in [4.69, 9.17) is 0 Å². The molecule has 0 saturated heterocycles. The Morgan fingerprint density at radius 3 is 2.13 bits per heavy atom. The van der Waals surface area contributed by atoms with E-state index in [9.17, 15) is 13.2 Å². The number of halogens is 3. The highest BCUT2D eigenvalue weighted by molar-refractivity contribution is 5.69. The predicted molar refractivity (Wildman–Crippen MR) is 121 cm³/mol. The molecule has 3 aromatic rings. The summed E-state index contributed by atoms with van der Waals surface area (Å²) in [5, 5.41) is 0. The molecule has 0 aliphatic heterocycles. The Hall–Kier alpha value is -2.99. The zero-order valence-corrected chi connectivity index (χ0v) is 18.2. The van der Waals surface area contributed by atoms with Crippen LogP contribution >= 0.6 is 0 Å². The maximum Gasteiger partial charge on any atom is 0.159 e. The van der Waals surface area contributed by atoms with Gasteiger partial charge < -0.3 is 6.92 Å². The molecule has 3 rings (SSSR count). The van der Waals surface area contributed by atoms with Crippen molar-refractivity contribution in [2.75, 3.05) is 0 Å². The summed E-state index contributed by atoms with van der Waals surface area (Å²) >= 11 is 0. The number of rotatable bonds is 5. The van der Waals surface area contributed by atoms with Gasteiger partial charge in [0.25, 0.3) is 0 Å². The number of aryl methyl sites for hydroxylation is 4. The lowest BCUT2D eigenvalue weighted by atomic mass is 9.94. The summed E-state index contributed by atoms with van der Waals surface area (Å²) in [6.45, 7) is 10.1. The molecule has 0 amide bonds. The molecule has 0 nitrogen and oxygen atoms in total. The highest BCUT2D eigenvalue weighted by atomic mass is 19.2. The summed E-state index contributed by atoms with van der Waals surface area (Å²) in [7, 11) is 0. The summed E-state index contributed by atoms with van der Waals surface area (Å²) in [6.07, 6.45) is 3.26. The van der Waals surface area contributed by atoms with Gasteiger partial charge in [0.15, 0.2) is 11.6 Å². The van der Waals surface area contributed by atoms with Gasteiger partial charge >= 0.3 is 0 Å². The van der Waals surface area contributed by atoms with Crippen molar-refractivity contribution in [3.8, 4) is 23.0 Å². The standard InChI is InChI=1S/C28H26F3/c1-5-7-20-13-18(3)24(19(4)14-20)11-9-23-15-21(8-6-2)25(17-27(23)30)22-10-12-26(29)28(31)16-22/h10,12-17H,2,5-8H2,1,3-4H3/q-1. The highest BCUT2D eigenvalue weighted by Crippen LogP contribution is 2.29. The van der Waals surface area contributed by atoms with Crippen LogP contribution in [0.15, 0.2) is 42.5 Å². The van der Waals surface area contributed by atoms with E-state index in [1.54, 1.807) is 6.07 Å². The third-order valence-electron chi connectivity index (χ3n) is 5.32. The molecule has 3 heteroatoms. The molecule has 31 heavy (non-hydrogen) atoms. The highest BCUT2D eigenvalue weighted by Gasteiger charge is 2.12. The summed E-state index contributed by atoms with van der Waals surface area (Å²) < 4.78 is 42.0. The zero-order valence-electron chi connectivity index (χ0n) is 18.2. The fourth-order valence-electron chi connectivity index (χ4n) is 3.86. The van der Waals surface area contributed by atoms with Gasteiger partial charge in [-0.3, -0.25) is 0 Å². The predicted octanol–water partition coefficient (Wildman–Crippen LogP) is 7.51. The monoisotopic (exact) mass is 419 g/mol. The zero-order chi connectivity index (χ0) is 22.5. The maximum atomic E-state index is 14.9. The molecule has 0 saturated carbocycles. The minimum atomic E-state index is -0.958. The van der Waals surface area contributed by atoms with Gasteiger partial charge in [-0.15, -0.1) is 0 Å². The Balaban J connectivity index is 2.05. The number of hydrogen-bond acceptors (Lipinski definition) is 0. The Kier molecular flexibility index (Phi) is 7.23. The third-order valence-corrected chi connectivity index (χ3v) is 5.32. The normalized spacial score (nSPS) is 10.7. The van der Waals surface area contributed by atoms with Crippen molar-refractivity contribution < 1.29 is 13.2 Å². The lowest BCUT2D eigenvalue weighted by Gasteiger charge is -2.12. The van der Waals surface area contributed by atoms with E-state index in [1.165, 1.54) is 17.7 Å². The van der Waals surface area contributed by atoms with Crippen molar-refractivity contribution in [3.05, 3.63) is 100 Å². The second kappa shape index (κ2) is 9.88. The molecule has 0 aromatic heterocycles. The van der Waals surface area contributed by atoms with Crippen molar-refractivity contribution in [3.63, 3.8) is 0 Å². The van der Waals surface area contributed by atoms with Gasteiger partial charge in [-0.25, -0.2) is 13.2 Å². The van der Waals surface area contributed by atoms with Crippen LogP contribution in [0.3, 0.4) is 0 Å². The Morgan fingerprint density at radius 2 is 1.52 bits per heavy atom. The van der Waals surface area contributed by atoms with Gasteiger partial charge in [-0.1, -0.05) is 49.8 Å². The second-order valence-electron chi connectivity index (χ2n) is 7.83. The molecule has 3 aromatic carbocycles. The lowest BCUT2D eigenvalue weighted by Crippen LogP contribution is -1.97. The number of hydrogen-bond donors (Lipinski definition) is 0. The largest absolute Gasteiger partial charge is 0.343 e. The molecular weight excluding hydrogens is 393 g/mol. The summed E-state index contributed by atoms with van der Waals surface area (Å²) in [5.74, 6) is 3.74. The first-order chi connectivity index (χ1) is 14.8. The van der Waals surface area contributed by atoms with Gasteiger partial charge in [0, 0.05) is 5.56 Å². The van der Waals surface area contributed by atoms with Crippen LogP contribution in [-0.2, 0) is 12.8 Å². The van der Waals surface area contributed by atoms with Crippen LogP contribution in [0.2, 0.25) is 0 Å². The Morgan fingerprint density at radius 1 is 0.806 bits per heavy atom. The molecule has 0 aliphatic rings. The van der Waals surface area contributed by atoms with Gasteiger partial charge in [0.05, 0.1) is 5.56 Å². The molecular formula is C28H26F3-. The smallest absolute Gasteiger partial charge is 0.159 e. The van der Waals surface area contributed by atoms with Crippen LogP contribution in [0.25, 0.3) is 11.1 Å². The van der Waals surface area contributed by atoms with Crippen LogP contribution in [-0.4, -0.2) is 0 Å². The van der Waals surface area contributed by atoms with E-state index in [1.807, 2.05) is 13.8 Å². The van der Waals surface area contributed by atoms with E-state index in [0.717, 1.165) is 47.2 Å². The van der Waals surface area contributed by atoms with Crippen LogP contribution in [0, 0.1) is 50.1 Å². The first kappa shape index (κ1) is 22.7. The summed E-state index contributed by atoms with van der Waals surface area (Å²) in [4.78, 5) is 0. The first-order valence-corrected chi connectivity index (χ1v) is 10.5. The lowest BCUT2D eigenvalue weighted by molar-refractivity contribution is 0.509. The van der Waals surface area contributed by atoms with Gasteiger partial charge in [-0.2, -0.15) is 6.42 Å². The molecule has 0 N–H and O–H groups in total. The third kappa shape index (κ3) is 5.20. The average Bonchev–Trinajstić information content (AvgIpc) is 2.71. The van der Waals surface area contributed by atoms with Crippen molar-refractivity contribution in [1.82, 2.24) is 0 Å². The molecule has 0 heterocycles. The Labute approximate surface area is 183 Å². The fourth-order valence-corrected chi connectivity index (χ4v) is 3.86. The van der Waals surface area contributed by atoms with E-state index in [2.05, 4.69) is 37.8 Å². The van der Waals surface area contributed by atoms with Crippen molar-refractivity contribution >= 4 is 0 Å². The van der Waals surface area contributed by atoms with Crippen molar-refractivity contribution in [2.24, 2.45) is 0 Å². The topological polar surface area (TPSA) is 0 Å². The van der Waals surface area contributed by atoms with Gasteiger partial charge in [-0.05, 0) is 77.9 Å². The molecule has 0 unspecified atom stereocenters. The maximum absolute atomic E-state index is 14.9. The first-order valence-electron chi connectivity index (χ1n) is 10.5. The average molecular weight is 420 g/mol. The number of benzene rings is 3. The SMILES string of the molecule is [CH2-]CCc1cc(C#Cc2c(C)cc(CCC)cc2C)c(F)cc1-c1ccc(F)c(F)c1. The molecule has 0 atom stereocenters. The quantitative estimate of drug-likeness (QED) is 0.297. The molecule has 160 valence electrons. The fraction of sp³-hybridized carbons (Fsp3) is 0.250. The van der Waals surface area contributed by atoms with Gasteiger partial charge in [0.2, 0.25) is 0 Å². The summed E-state index contributed by atoms with van der Waals surface area (Å²) in [5.41, 5.74) is 6.39. The van der Waals surface area contributed by atoms with Crippen LogP contribution in [0.5, 0.6) is 0 Å². The molecule has 0 aliphatic carbocycles. The molecule has 0 spiro atoms. The van der Waals surface area contributed by atoms with E-state index in [0.29, 0.717) is 24.0 Å². The van der Waals surface area contributed by atoms with Crippen LogP contribution in [0.4, 0.5) is 13.2 Å².